The molecule has 3 unspecified atom stereocenters. The predicted octanol–water partition coefficient (Wildman–Crippen LogP) is 2.53. The van der Waals surface area contributed by atoms with E-state index >= 15 is 0 Å². The predicted molar refractivity (Wildman–Crippen MR) is 136 cm³/mol. The van der Waals surface area contributed by atoms with E-state index in [2.05, 4.69) is 58.5 Å². The molecule has 7 heteroatoms. The molecule has 0 radical (unpaired) electrons. The number of hydrogen-bond donors (Lipinski definition) is 4. The van der Waals surface area contributed by atoms with Gasteiger partial charge in [0.1, 0.15) is 5.75 Å². The van der Waals surface area contributed by atoms with Crippen molar-refractivity contribution in [1.82, 2.24) is 10.2 Å². The molecule has 1 aliphatic carbocycles. The molecule has 1 saturated heterocycles. The molecular weight excluding hydrogens is 426 g/mol. The summed E-state index contributed by atoms with van der Waals surface area (Å²) in [7, 11) is 0. The standard InChI is InChI=1S/C27H37N5O2/c1-19-18-32(13-11-20-6-3-2-4-7-20)23-15-22(31-25(34)10-12-30-26(28)29)16-27(19,17-23)21-8-5-9-24(33)14-21/h2-9,14,19,22-23,33H,10-13,15-18H2,1H3,(H,31,34)(H4,28,29,30)/t19?,22-,23?,27?/m0/s1. The van der Waals surface area contributed by atoms with Crippen molar-refractivity contribution in [2.75, 3.05) is 19.6 Å². The van der Waals surface area contributed by atoms with Crippen LogP contribution in [0.2, 0.25) is 0 Å². The Balaban J connectivity index is 1.53. The lowest BCUT2D eigenvalue weighted by Crippen LogP contribution is -2.61. The lowest BCUT2D eigenvalue weighted by atomic mass is 9.57. The van der Waals surface area contributed by atoms with Gasteiger partial charge in [-0.25, -0.2) is 0 Å². The minimum Gasteiger partial charge on any atom is -0.508 e. The monoisotopic (exact) mass is 463 g/mol. The molecule has 2 fully saturated rings. The Bertz CT molecular complexity index is 1010. The number of rotatable bonds is 8. The van der Waals surface area contributed by atoms with Gasteiger partial charge >= 0.3 is 0 Å². The van der Waals surface area contributed by atoms with Gasteiger partial charge in [0.05, 0.1) is 6.54 Å². The number of fused-ring (bicyclic) bond motifs is 2. The minimum atomic E-state index is -0.0807. The molecule has 1 saturated carbocycles. The average Bonchev–Trinajstić information content (AvgIpc) is 2.81. The van der Waals surface area contributed by atoms with E-state index in [4.69, 9.17) is 11.5 Å². The van der Waals surface area contributed by atoms with Gasteiger partial charge in [0.25, 0.3) is 0 Å². The van der Waals surface area contributed by atoms with E-state index in [1.165, 1.54) is 11.1 Å². The van der Waals surface area contributed by atoms with Crippen LogP contribution in [-0.2, 0) is 16.6 Å². The first kappa shape index (κ1) is 24.1. The highest BCUT2D eigenvalue weighted by atomic mass is 16.3. The highest BCUT2D eigenvalue weighted by molar-refractivity contribution is 5.78. The van der Waals surface area contributed by atoms with Crippen LogP contribution in [0.4, 0.5) is 0 Å². The molecule has 7 nitrogen and oxygen atoms in total. The summed E-state index contributed by atoms with van der Waals surface area (Å²) < 4.78 is 0. The molecule has 1 amide bonds. The maximum absolute atomic E-state index is 12.7. The number of aliphatic imine (C=N–C) groups is 1. The molecule has 4 rings (SSSR count). The van der Waals surface area contributed by atoms with Gasteiger partial charge in [0, 0.05) is 37.0 Å². The smallest absolute Gasteiger partial charge is 0.222 e. The Labute approximate surface area is 202 Å². The van der Waals surface area contributed by atoms with Crippen molar-refractivity contribution in [3.8, 4) is 5.75 Å². The van der Waals surface area contributed by atoms with Gasteiger partial charge in [-0.2, -0.15) is 0 Å². The average molecular weight is 464 g/mol. The van der Waals surface area contributed by atoms with E-state index in [1.807, 2.05) is 12.1 Å². The molecule has 1 heterocycles. The summed E-state index contributed by atoms with van der Waals surface area (Å²) in [5.74, 6) is 0.670. The molecular formula is C27H37N5O2. The van der Waals surface area contributed by atoms with Gasteiger partial charge < -0.3 is 21.9 Å². The highest BCUT2D eigenvalue weighted by Crippen LogP contribution is 2.50. The van der Waals surface area contributed by atoms with E-state index < -0.39 is 0 Å². The van der Waals surface area contributed by atoms with Gasteiger partial charge in [-0.15, -0.1) is 0 Å². The third-order valence-corrected chi connectivity index (χ3v) is 7.69. The molecule has 6 N–H and O–H groups in total. The van der Waals surface area contributed by atoms with E-state index in [9.17, 15) is 9.90 Å². The van der Waals surface area contributed by atoms with E-state index in [1.54, 1.807) is 6.07 Å². The number of aromatic hydroxyl groups is 1. The zero-order chi connectivity index (χ0) is 24.1. The second kappa shape index (κ2) is 10.5. The maximum atomic E-state index is 12.7. The van der Waals surface area contributed by atoms with Crippen LogP contribution in [0.3, 0.4) is 0 Å². The fourth-order valence-electron chi connectivity index (χ4n) is 6.02. The summed E-state index contributed by atoms with van der Waals surface area (Å²) in [6, 6.07) is 18.8. The molecule has 4 atom stereocenters. The van der Waals surface area contributed by atoms with Crippen LogP contribution in [0, 0.1) is 5.92 Å². The number of carbonyl (C=O) groups excluding carboxylic acids is 1. The highest BCUT2D eigenvalue weighted by Gasteiger charge is 2.51. The van der Waals surface area contributed by atoms with Crippen LogP contribution in [0.15, 0.2) is 59.6 Å². The maximum Gasteiger partial charge on any atom is 0.222 e. The summed E-state index contributed by atoms with van der Waals surface area (Å²) in [5.41, 5.74) is 13.2. The summed E-state index contributed by atoms with van der Waals surface area (Å²) >= 11 is 0. The van der Waals surface area contributed by atoms with Gasteiger partial charge in [0.15, 0.2) is 5.96 Å². The first-order chi connectivity index (χ1) is 16.4. The van der Waals surface area contributed by atoms with E-state index in [0.29, 0.717) is 24.3 Å². The molecule has 0 aromatic heterocycles. The van der Waals surface area contributed by atoms with Crippen molar-refractivity contribution in [3.05, 3.63) is 65.7 Å². The Kier molecular flexibility index (Phi) is 7.41. The molecule has 2 aromatic carbocycles. The van der Waals surface area contributed by atoms with Crippen molar-refractivity contribution in [1.29, 1.82) is 0 Å². The Morgan fingerprint density at radius 2 is 1.97 bits per heavy atom. The quantitative estimate of drug-likeness (QED) is 0.355. The number of nitrogens with two attached hydrogens (primary N) is 2. The van der Waals surface area contributed by atoms with Crippen LogP contribution < -0.4 is 16.8 Å². The molecule has 34 heavy (non-hydrogen) atoms. The number of hydrogen-bond acceptors (Lipinski definition) is 4. The minimum absolute atomic E-state index is 0.00530. The summed E-state index contributed by atoms with van der Waals surface area (Å²) in [4.78, 5) is 19.2. The molecule has 2 aliphatic rings. The lowest BCUT2D eigenvalue weighted by molar-refractivity contribution is -0.122. The van der Waals surface area contributed by atoms with Crippen LogP contribution in [0.5, 0.6) is 5.75 Å². The number of amides is 1. The van der Waals surface area contributed by atoms with Gasteiger partial charge in [-0.1, -0.05) is 49.4 Å². The Morgan fingerprint density at radius 3 is 2.71 bits per heavy atom. The second-order valence-corrected chi connectivity index (χ2v) is 9.96. The van der Waals surface area contributed by atoms with Crippen molar-refractivity contribution >= 4 is 11.9 Å². The number of guanidine groups is 1. The van der Waals surface area contributed by atoms with Crippen LogP contribution in [0.25, 0.3) is 0 Å². The molecule has 0 spiro atoms. The summed E-state index contributed by atoms with van der Waals surface area (Å²) in [6.07, 6.45) is 4.11. The topological polar surface area (TPSA) is 117 Å². The number of nitrogens with one attached hydrogen (secondary N) is 1. The number of carbonyl (C=O) groups is 1. The third-order valence-electron chi connectivity index (χ3n) is 7.69. The zero-order valence-corrected chi connectivity index (χ0v) is 20.0. The largest absolute Gasteiger partial charge is 0.508 e. The van der Waals surface area contributed by atoms with Gasteiger partial charge in [-0.3, -0.25) is 14.7 Å². The molecule has 2 aromatic rings. The van der Waals surface area contributed by atoms with Crippen LogP contribution in [0.1, 0.15) is 43.7 Å². The van der Waals surface area contributed by atoms with Crippen LogP contribution in [-0.4, -0.2) is 53.6 Å². The molecule has 1 aliphatic heterocycles. The summed E-state index contributed by atoms with van der Waals surface area (Å²) in [6.45, 7) is 4.62. The number of nitrogens with zero attached hydrogens (tertiary/aromatic N) is 2. The first-order valence-electron chi connectivity index (χ1n) is 12.3. The number of likely N-dealkylation sites (tertiary alicyclic amines) is 1. The van der Waals surface area contributed by atoms with Gasteiger partial charge in [0.2, 0.25) is 5.91 Å². The number of benzene rings is 2. The third kappa shape index (κ3) is 5.53. The molecule has 2 bridgehead atoms. The Hall–Kier alpha value is -3.06. The van der Waals surface area contributed by atoms with Gasteiger partial charge in [-0.05, 0) is 54.9 Å². The normalized spacial score (nSPS) is 26.6. The van der Waals surface area contributed by atoms with Crippen LogP contribution >= 0.6 is 0 Å². The Morgan fingerprint density at radius 1 is 1.18 bits per heavy atom. The zero-order valence-electron chi connectivity index (χ0n) is 20.0. The van der Waals surface area contributed by atoms with E-state index in [-0.39, 0.29) is 29.7 Å². The van der Waals surface area contributed by atoms with E-state index in [0.717, 1.165) is 38.8 Å². The fourth-order valence-corrected chi connectivity index (χ4v) is 6.02. The first-order valence-corrected chi connectivity index (χ1v) is 12.3. The number of phenols is 1. The number of piperidine rings is 1. The van der Waals surface area contributed by atoms with Crippen molar-refractivity contribution in [2.45, 2.75) is 56.5 Å². The second-order valence-electron chi connectivity index (χ2n) is 9.96. The summed E-state index contributed by atoms with van der Waals surface area (Å²) in [5, 5.41) is 13.5. The molecule has 182 valence electrons. The lowest BCUT2D eigenvalue weighted by Gasteiger charge is -2.56. The fraction of sp³-hybridized carbons (Fsp3) is 0.481. The SMILES string of the molecule is CC1CN(CCc2ccccc2)C2C[C@H](NC(=O)CCN=C(N)N)CC1(c1cccc(O)c1)C2. The van der Waals surface area contributed by atoms with Crippen molar-refractivity contribution < 1.29 is 9.90 Å². The van der Waals surface area contributed by atoms with Crippen molar-refractivity contribution in [3.63, 3.8) is 0 Å². The van der Waals surface area contributed by atoms with Crippen molar-refractivity contribution in [2.24, 2.45) is 22.4 Å². The number of phenolic OH excluding ortho intramolecular Hbond substituents is 1.